The number of aromatic nitrogens is 2. The summed E-state index contributed by atoms with van der Waals surface area (Å²) in [6.45, 7) is 0.649. The number of nitro benzene ring substituents is 1. The molecule has 7 aromatic rings. The first-order valence-corrected chi connectivity index (χ1v) is 20.7. The van der Waals surface area contributed by atoms with E-state index in [9.17, 15) is 28.1 Å². The van der Waals surface area contributed by atoms with E-state index in [4.69, 9.17) is 27.9 Å². The molecule has 1 atom stereocenters. The van der Waals surface area contributed by atoms with Crippen LogP contribution >= 0.6 is 39.1 Å². The summed E-state index contributed by atoms with van der Waals surface area (Å²) in [5.41, 5.74) is 4.35. The number of nitrogens with zero attached hydrogens (tertiary/aromatic N) is 3. The smallest absolute Gasteiger partial charge is 0.289 e. The number of carbonyl (C=O) groups is 2. The van der Waals surface area contributed by atoms with Crippen LogP contribution in [0.15, 0.2) is 149 Å². The summed E-state index contributed by atoms with van der Waals surface area (Å²) in [7, 11) is -4.88. The average molecular weight is 899 g/mol. The van der Waals surface area contributed by atoms with Gasteiger partial charge in [-0.05, 0) is 88.5 Å². The summed E-state index contributed by atoms with van der Waals surface area (Å²) >= 11 is 15.4. The van der Waals surface area contributed by atoms with E-state index in [1.807, 2.05) is 72.8 Å². The number of hydrogen-bond acceptors (Lipinski definition) is 8. The number of ether oxygens (including phenoxy) is 1. The number of hydrogen-bond donors (Lipinski definition) is 1. The molecule has 0 aliphatic rings. The van der Waals surface area contributed by atoms with Crippen LogP contribution in [0.5, 0.6) is 5.75 Å². The molecule has 0 spiro atoms. The van der Waals surface area contributed by atoms with Crippen molar-refractivity contribution in [2.75, 3.05) is 0 Å². The fourth-order valence-corrected chi connectivity index (χ4v) is 8.14. The Bertz CT molecular complexity index is 2760. The highest BCUT2D eigenvalue weighted by molar-refractivity contribution is 9.10. The van der Waals surface area contributed by atoms with Gasteiger partial charge >= 0.3 is 0 Å². The lowest BCUT2D eigenvalue weighted by Gasteiger charge is -2.18. The van der Waals surface area contributed by atoms with Crippen molar-refractivity contribution < 1.29 is 27.7 Å². The predicted molar refractivity (Wildman–Crippen MR) is 226 cm³/mol. The fourth-order valence-electron chi connectivity index (χ4n) is 6.30. The fraction of sp³-hybridized carbons (Fsp3) is 0.0930. The van der Waals surface area contributed by atoms with Crippen molar-refractivity contribution in [1.82, 2.24) is 14.9 Å². The number of nitrogens with one attached hydrogen (secondary N) is 1. The summed E-state index contributed by atoms with van der Waals surface area (Å²) in [4.78, 5) is 42.8. The first kappa shape index (κ1) is 40.3. The van der Waals surface area contributed by atoms with Crippen molar-refractivity contribution in [2.45, 2.75) is 30.5 Å². The molecular weight excluding hydrogens is 867 g/mol. The standard InChI is InChI=1S/C43H31BrCl2N4O7S/c44-32-13-5-29(6-14-32)26-57-34-17-7-27(8-18-34)22-39(43(52)58(55,56)35-19-20-38(46)40(23-35)50(53)54)48-42(51)37-25-49(41-36(37)2-1-21-47-41)24-28-3-9-30(10-4-28)31-11-15-33(45)16-12-31/h1-21,23,25,39H,22,24,26H2,(H,48,51)/t39-/m0/s1. The molecule has 15 heteroatoms. The average Bonchev–Trinajstić information content (AvgIpc) is 3.59. The molecule has 292 valence electrons. The number of benzene rings is 5. The number of amides is 1. The lowest BCUT2D eigenvalue weighted by Crippen LogP contribution is -2.45. The van der Waals surface area contributed by atoms with Crippen molar-refractivity contribution in [1.29, 1.82) is 0 Å². The van der Waals surface area contributed by atoms with Crippen LogP contribution in [-0.4, -0.2) is 40.0 Å². The van der Waals surface area contributed by atoms with E-state index >= 15 is 0 Å². The van der Waals surface area contributed by atoms with Crippen LogP contribution < -0.4 is 10.1 Å². The Morgan fingerprint density at radius 1 is 0.845 bits per heavy atom. The molecular formula is C43H31BrCl2N4O7S. The second kappa shape index (κ2) is 17.3. The third-order valence-corrected chi connectivity index (χ3v) is 12.1. The van der Waals surface area contributed by atoms with Gasteiger partial charge in [-0.2, -0.15) is 0 Å². The molecule has 1 amide bonds. The second-order valence-electron chi connectivity index (χ2n) is 13.2. The monoisotopic (exact) mass is 896 g/mol. The van der Waals surface area contributed by atoms with Crippen LogP contribution in [0.2, 0.25) is 10.0 Å². The van der Waals surface area contributed by atoms with Crippen molar-refractivity contribution >= 4 is 76.7 Å². The zero-order chi connectivity index (χ0) is 41.0. The Morgan fingerprint density at radius 3 is 2.16 bits per heavy atom. The summed E-state index contributed by atoms with van der Waals surface area (Å²) in [5, 5.41) is 13.7. The highest BCUT2D eigenvalue weighted by Crippen LogP contribution is 2.29. The van der Waals surface area contributed by atoms with Gasteiger partial charge in [0.05, 0.1) is 15.4 Å². The van der Waals surface area contributed by atoms with E-state index in [0.29, 0.717) is 40.5 Å². The van der Waals surface area contributed by atoms with Gasteiger partial charge in [0, 0.05) is 46.3 Å². The molecule has 0 aliphatic heterocycles. The molecule has 5 aromatic carbocycles. The second-order valence-corrected chi connectivity index (χ2v) is 16.9. The Balaban J connectivity index is 1.16. The van der Waals surface area contributed by atoms with E-state index in [0.717, 1.165) is 44.9 Å². The number of fused-ring (bicyclic) bond motifs is 1. The zero-order valence-corrected chi connectivity index (χ0v) is 34.1. The molecule has 7 rings (SSSR count). The SMILES string of the molecule is O=C(N[C@@H](Cc1ccc(OCc2ccc(Br)cc2)cc1)C(=O)S(=O)(=O)c1ccc(Cl)c([N+](=O)[O-])c1)c1cn(Cc2ccc(-c3ccc(Cl)cc3)cc2)c2ncccc12. The van der Waals surface area contributed by atoms with Gasteiger partial charge in [-0.25, -0.2) is 13.4 Å². The molecule has 0 unspecified atom stereocenters. The third kappa shape index (κ3) is 9.13. The highest BCUT2D eigenvalue weighted by atomic mass is 79.9. The number of nitro groups is 1. The minimum absolute atomic E-state index is 0.162. The third-order valence-electron chi connectivity index (χ3n) is 9.32. The molecule has 0 radical (unpaired) electrons. The Labute approximate surface area is 351 Å². The summed E-state index contributed by atoms with van der Waals surface area (Å²) in [6, 6.07) is 34.3. The van der Waals surface area contributed by atoms with Crippen molar-refractivity contribution in [2.24, 2.45) is 0 Å². The topological polar surface area (TPSA) is 150 Å². The van der Waals surface area contributed by atoms with Gasteiger partial charge in [-0.1, -0.05) is 99.8 Å². The highest BCUT2D eigenvalue weighted by Gasteiger charge is 2.36. The maximum Gasteiger partial charge on any atom is 0.289 e. The largest absolute Gasteiger partial charge is 0.489 e. The minimum atomic E-state index is -4.88. The minimum Gasteiger partial charge on any atom is -0.489 e. The van der Waals surface area contributed by atoms with E-state index in [-0.39, 0.29) is 17.0 Å². The van der Waals surface area contributed by atoms with Crippen LogP contribution in [0.25, 0.3) is 22.2 Å². The lowest BCUT2D eigenvalue weighted by molar-refractivity contribution is -0.384. The molecule has 2 heterocycles. The van der Waals surface area contributed by atoms with E-state index in [2.05, 4.69) is 26.2 Å². The van der Waals surface area contributed by atoms with Crippen LogP contribution in [0.3, 0.4) is 0 Å². The zero-order valence-electron chi connectivity index (χ0n) is 30.2. The van der Waals surface area contributed by atoms with Gasteiger partial charge in [0.1, 0.15) is 29.1 Å². The van der Waals surface area contributed by atoms with E-state index < -0.39 is 42.4 Å². The van der Waals surface area contributed by atoms with Crippen molar-refractivity contribution in [3.05, 3.63) is 187 Å². The lowest BCUT2D eigenvalue weighted by atomic mass is 10.0. The number of rotatable bonds is 13. The molecule has 0 saturated heterocycles. The number of sulfone groups is 1. The molecule has 0 saturated carbocycles. The van der Waals surface area contributed by atoms with E-state index in [1.54, 1.807) is 53.4 Å². The van der Waals surface area contributed by atoms with Gasteiger partial charge in [-0.3, -0.25) is 19.7 Å². The normalized spacial score (nSPS) is 11.9. The maximum absolute atomic E-state index is 14.2. The summed E-state index contributed by atoms with van der Waals surface area (Å²) in [6.07, 6.45) is 2.97. The number of halogens is 3. The molecule has 0 bridgehead atoms. The Hall–Kier alpha value is -5.86. The molecule has 58 heavy (non-hydrogen) atoms. The van der Waals surface area contributed by atoms with Gasteiger partial charge in [0.15, 0.2) is 0 Å². The molecule has 0 fully saturated rings. The molecule has 11 nitrogen and oxygen atoms in total. The maximum atomic E-state index is 14.2. The van der Waals surface area contributed by atoms with Crippen LogP contribution in [0.4, 0.5) is 5.69 Å². The van der Waals surface area contributed by atoms with Crippen LogP contribution in [0.1, 0.15) is 27.0 Å². The molecule has 1 N–H and O–H groups in total. The van der Waals surface area contributed by atoms with Crippen molar-refractivity contribution in [3.63, 3.8) is 0 Å². The van der Waals surface area contributed by atoms with Crippen LogP contribution in [0, 0.1) is 10.1 Å². The quantitative estimate of drug-likeness (QED) is 0.0888. The first-order chi connectivity index (χ1) is 27.8. The van der Waals surface area contributed by atoms with Gasteiger partial charge in [-0.15, -0.1) is 0 Å². The van der Waals surface area contributed by atoms with Crippen molar-refractivity contribution in [3.8, 4) is 16.9 Å². The van der Waals surface area contributed by atoms with Crippen LogP contribution in [-0.2, 0) is 34.2 Å². The predicted octanol–water partition coefficient (Wildman–Crippen LogP) is 9.65. The molecule has 0 aliphatic carbocycles. The number of pyridine rings is 1. The Kier molecular flexibility index (Phi) is 12.1. The summed E-state index contributed by atoms with van der Waals surface area (Å²) in [5.74, 6) is -0.195. The van der Waals surface area contributed by atoms with E-state index in [1.165, 1.54) is 0 Å². The molecule has 2 aromatic heterocycles. The van der Waals surface area contributed by atoms with Gasteiger partial charge in [0.2, 0.25) is 9.84 Å². The first-order valence-electron chi connectivity index (χ1n) is 17.6. The van der Waals surface area contributed by atoms with Gasteiger partial charge in [0.25, 0.3) is 16.7 Å². The number of carbonyl (C=O) groups excluding carboxylic acids is 2. The Morgan fingerprint density at radius 2 is 1.48 bits per heavy atom. The summed E-state index contributed by atoms with van der Waals surface area (Å²) < 4.78 is 36.2. The van der Waals surface area contributed by atoms with Gasteiger partial charge < -0.3 is 14.6 Å².